The van der Waals surface area contributed by atoms with Crippen LogP contribution >= 0.6 is 0 Å². The Hall–Kier alpha value is -2.34. The molecule has 2 aromatic rings. The number of hydrogen-bond acceptors (Lipinski definition) is 4. The van der Waals surface area contributed by atoms with E-state index in [0.29, 0.717) is 30.2 Å². The third kappa shape index (κ3) is 4.73. The number of hydrogen-bond donors (Lipinski definition) is 0. The molecule has 1 fully saturated rings. The first kappa shape index (κ1) is 20.4. The van der Waals surface area contributed by atoms with Gasteiger partial charge in [-0.3, -0.25) is 4.79 Å². The summed E-state index contributed by atoms with van der Waals surface area (Å²) in [5, 5.41) is 0. The highest BCUT2D eigenvalue weighted by atomic mass is 32.2. The minimum atomic E-state index is -3.09. The van der Waals surface area contributed by atoms with Gasteiger partial charge in [-0.1, -0.05) is 38.1 Å². The summed E-state index contributed by atoms with van der Waals surface area (Å²) in [5.74, 6) is 1.12. The molecule has 1 aliphatic rings. The van der Waals surface area contributed by atoms with Crippen molar-refractivity contribution in [2.24, 2.45) is 0 Å². The Morgan fingerprint density at radius 2 is 1.75 bits per heavy atom. The van der Waals surface area contributed by atoms with Crippen LogP contribution < -0.4 is 4.74 Å². The van der Waals surface area contributed by atoms with Crippen molar-refractivity contribution in [2.75, 3.05) is 18.6 Å². The summed E-state index contributed by atoms with van der Waals surface area (Å²) in [7, 11) is -1.51. The van der Waals surface area contributed by atoms with E-state index in [4.69, 9.17) is 4.74 Å². The molecule has 0 aromatic heterocycles. The van der Waals surface area contributed by atoms with E-state index in [-0.39, 0.29) is 23.5 Å². The monoisotopic (exact) mass is 401 g/mol. The van der Waals surface area contributed by atoms with Gasteiger partial charge in [0, 0.05) is 18.2 Å². The molecule has 0 unspecified atom stereocenters. The zero-order valence-electron chi connectivity index (χ0n) is 16.6. The molecule has 0 spiro atoms. The van der Waals surface area contributed by atoms with Crippen LogP contribution in [0.1, 0.15) is 47.7 Å². The Morgan fingerprint density at radius 1 is 1.11 bits per heavy atom. The van der Waals surface area contributed by atoms with E-state index >= 15 is 0 Å². The van der Waals surface area contributed by atoms with Crippen molar-refractivity contribution in [3.8, 4) is 5.75 Å². The van der Waals surface area contributed by atoms with Crippen LogP contribution in [0, 0.1) is 0 Å². The van der Waals surface area contributed by atoms with Gasteiger partial charge in [-0.05, 0) is 47.7 Å². The molecule has 5 nitrogen and oxygen atoms in total. The van der Waals surface area contributed by atoms with Gasteiger partial charge in [-0.2, -0.15) is 0 Å². The van der Waals surface area contributed by atoms with Gasteiger partial charge in [0.2, 0.25) is 0 Å². The smallest absolute Gasteiger partial charge is 0.254 e. The van der Waals surface area contributed by atoms with E-state index < -0.39 is 9.84 Å². The molecule has 1 saturated heterocycles. The molecule has 6 heteroatoms. The molecule has 1 heterocycles. The second-order valence-electron chi connectivity index (χ2n) is 7.61. The van der Waals surface area contributed by atoms with Crippen molar-refractivity contribution in [1.29, 1.82) is 0 Å². The first-order valence-corrected chi connectivity index (χ1v) is 11.4. The van der Waals surface area contributed by atoms with Gasteiger partial charge in [-0.15, -0.1) is 0 Å². The Balaban J connectivity index is 1.87. The number of carbonyl (C=O) groups excluding carboxylic acids is 1. The van der Waals surface area contributed by atoms with Crippen molar-refractivity contribution in [1.82, 2.24) is 4.90 Å². The second-order valence-corrected chi connectivity index (χ2v) is 9.84. The largest absolute Gasteiger partial charge is 0.497 e. The minimum absolute atomic E-state index is 0.0268. The van der Waals surface area contributed by atoms with E-state index in [1.165, 1.54) is 5.56 Å². The van der Waals surface area contributed by atoms with E-state index in [2.05, 4.69) is 26.0 Å². The first-order chi connectivity index (χ1) is 13.3. The summed E-state index contributed by atoms with van der Waals surface area (Å²) < 4.78 is 29.2. The van der Waals surface area contributed by atoms with Crippen LogP contribution in [0.4, 0.5) is 0 Å². The third-order valence-electron chi connectivity index (χ3n) is 5.25. The van der Waals surface area contributed by atoms with Crippen LogP contribution in [0.5, 0.6) is 5.75 Å². The van der Waals surface area contributed by atoms with Crippen LogP contribution in [-0.4, -0.2) is 43.9 Å². The Morgan fingerprint density at radius 3 is 2.25 bits per heavy atom. The summed E-state index contributed by atoms with van der Waals surface area (Å²) >= 11 is 0. The lowest BCUT2D eigenvalue weighted by molar-refractivity contribution is 0.0681. The molecule has 0 bridgehead atoms. The summed E-state index contributed by atoms with van der Waals surface area (Å²) in [6.45, 7) is 4.67. The molecule has 3 rings (SSSR count). The van der Waals surface area contributed by atoms with E-state index in [1.807, 2.05) is 12.1 Å². The van der Waals surface area contributed by atoms with Crippen molar-refractivity contribution < 1.29 is 17.9 Å². The third-order valence-corrected chi connectivity index (χ3v) is 7.00. The zero-order valence-corrected chi connectivity index (χ0v) is 17.4. The molecular formula is C22H27NO4S. The normalized spacial score (nSPS) is 18.2. The van der Waals surface area contributed by atoms with Crippen LogP contribution in [0.2, 0.25) is 0 Å². The zero-order chi connectivity index (χ0) is 20.3. The van der Waals surface area contributed by atoms with Crippen molar-refractivity contribution in [2.45, 2.75) is 38.8 Å². The number of sulfone groups is 1. The SMILES string of the molecule is COc1ccc(C(=O)N(Cc2ccc(C(C)C)cc2)[C@@H]2CCS(=O)(=O)C2)cc1. The van der Waals surface area contributed by atoms with Gasteiger partial charge in [0.05, 0.1) is 18.6 Å². The van der Waals surface area contributed by atoms with Gasteiger partial charge in [0.15, 0.2) is 9.84 Å². The molecule has 1 amide bonds. The number of carbonyl (C=O) groups is 1. The number of methoxy groups -OCH3 is 1. The molecule has 0 aliphatic carbocycles. The average Bonchev–Trinajstić information content (AvgIpc) is 3.05. The summed E-state index contributed by atoms with van der Waals surface area (Å²) in [4.78, 5) is 14.9. The highest BCUT2D eigenvalue weighted by molar-refractivity contribution is 7.91. The molecule has 150 valence electrons. The van der Waals surface area contributed by atoms with Crippen LogP contribution in [0.15, 0.2) is 48.5 Å². The lowest BCUT2D eigenvalue weighted by Crippen LogP contribution is -2.40. The lowest BCUT2D eigenvalue weighted by atomic mass is 10.0. The minimum Gasteiger partial charge on any atom is -0.497 e. The number of benzene rings is 2. The molecule has 0 radical (unpaired) electrons. The van der Waals surface area contributed by atoms with E-state index in [9.17, 15) is 13.2 Å². The fourth-order valence-electron chi connectivity index (χ4n) is 3.49. The maximum atomic E-state index is 13.2. The molecule has 1 atom stereocenters. The van der Waals surface area contributed by atoms with Crippen LogP contribution in [0.25, 0.3) is 0 Å². The van der Waals surface area contributed by atoms with E-state index in [1.54, 1.807) is 36.3 Å². The highest BCUT2D eigenvalue weighted by Crippen LogP contribution is 2.24. The van der Waals surface area contributed by atoms with Crippen LogP contribution in [-0.2, 0) is 16.4 Å². The summed E-state index contributed by atoms with van der Waals surface area (Å²) in [6.07, 6.45) is 0.480. The number of amides is 1. The Kier molecular flexibility index (Phi) is 6.08. The van der Waals surface area contributed by atoms with Gasteiger partial charge in [-0.25, -0.2) is 8.42 Å². The summed E-state index contributed by atoms with van der Waals surface area (Å²) in [6, 6.07) is 14.8. The predicted octanol–water partition coefficient (Wildman–Crippen LogP) is 3.65. The Labute approximate surface area is 167 Å². The van der Waals surface area contributed by atoms with Crippen molar-refractivity contribution in [3.63, 3.8) is 0 Å². The van der Waals surface area contributed by atoms with Crippen molar-refractivity contribution in [3.05, 3.63) is 65.2 Å². The Bertz CT molecular complexity index is 918. The molecule has 1 aliphatic heterocycles. The quantitative estimate of drug-likeness (QED) is 0.741. The number of nitrogens with zero attached hydrogens (tertiary/aromatic N) is 1. The maximum Gasteiger partial charge on any atom is 0.254 e. The fourth-order valence-corrected chi connectivity index (χ4v) is 5.22. The van der Waals surface area contributed by atoms with Crippen molar-refractivity contribution >= 4 is 15.7 Å². The van der Waals surface area contributed by atoms with Crippen LogP contribution in [0.3, 0.4) is 0 Å². The maximum absolute atomic E-state index is 13.2. The van der Waals surface area contributed by atoms with Gasteiger partial charge in [0.1, 0.15) is 5.75 Å². The topological polar surface area (TPSA) is 63.7 Å². The van der Waals surface area contributed by atoms with Gasteiger partial charge < -0.3 is 9.64 Å². The average molecular weight is 402 g/mol. The molecule has 0 N–H and O–H groups in total. The summed E-state index contributed by atoms with van der Waals surface area (Å²) in [5.41, 5.74) is 2.76. The standard InChI is InChI=1S/C22H27NO4S/c1-16(2)18-6-4-17(5-7-18)14-23(20-12-13-28(25,26)15-20)22(24)19-8-10-21(27-3)11-9-19/h4-11,16,20H,12-15H2,1-3H3/t20-/m1/s1. The molecular weight excluding hydrogens is 374 g/mol. The van der Waals surface area contributed by atoms with Gasteiger partial charge in [0.25, 0.3) is 5.91 Å². The second kappa shape index (κ2) is 8.35. The first-order valence-electron chi connectivity index (χ1n) is 9.53. The highest BCUT2D eigenvalue weighted by Gasteiger charge is 2.35. The number of rotatable bonds is 6. The fraction of sp³-hybridized carbons (Fsp3) is 0.409. The lowest BCUT2D eigenvalue weighted by Gasteiger charge is -2.29. The molecule has 0 saturated carbocycles. The van der Waals surface area contributed by atoms with Gasteiger partial charge >= 0.3 is 0 Å². The predicted molar refractivity (Wildman–Crippen MR) is 110 cm³/mol. The molecule has 2 aromatic carbocycles. The molecule has 28 heavy (non-hydrogen) atoms. The van der Waals surface area contributed by atoms with E-state index in [0.717, 1.165) is 5.56 Å². The number of ether oxygens (including phenoxy) is 1.